The van der Waals surface area contributed by atoms with Crippen molar-refractivity contribution >= 4 is 23.0 Å². The van der Waals surface area contributed by atoms with Gasteiger partial charge in [0.05, 0.1) is 6.21 Å². The molecule has 1 amide bonds. The molecule has 0 unspecified atom stereocenters. The molecule has 0 aliphatic rings. The summed E-state index contributed by atoms with van der Waals surface area (Å²) in [4.78, 5) is 12.4. The summed E-state index contributed by atoms with van der Waals surface area (Å²) in [5.74, 6) is -0.484. The molecule has 4 nitrogen and oxygen atoms in total. The number of carbonyl (C=O) groups excluding carboxylic acids is 1. The number of hydrogen-bond acceptors (Lipinski definition) is 2. The van der Waals surface area contributed by atoms with E-state index in [0.717, 1.165) is 33.3 Å². The first-order valence-corrected chi connectivity index (χ1v) is 9.76. The van der Waals surface area contributed by atoms with Gasteiger partial charge in [0.25, 0.3) is 5.91 Å². The number of nitrogens with one attached hydrogen (secondary N) is 1. The van der Waals surface area contributed by atoms with Crippen LogP contribution in [-0.2, 0) is 6.54 Å². The van der Waals surface area contributed by atoms with Crippen LogP contribution >= 0.6 is 0 Å². The molecule has 4 aromatic rings. The Balaban J connectivity index is 1.63. The topological polar surface area (TPSA) is 46.4 Å². The molecule has 0 fully saturated rings. The average Bonchev–Trinajstić information content (AvgIpc) is 3.01. The Morgan fingerprint density at radius 2 is 1.70 bits per heavy atom. The van der Waals surface area contributed by atoms with Gasteiger partial charge in [-0.25, -0.2) is 9.82 Å². The van der Waals surface area contributed by atoms with Crippen molar-refractivity contribution in [2.45, 2.75) is 20.4 Å². The monoisotopic (exact) mass is 399 g/mol. The molecule has 1 heterocycles. The molecule has 0 radical (unpaired) electrons. The molecule has 1 N–H and O–H groups in total. The third-order valence-corrected chi connectivity index (χ3v) is 5.28. The lowest BCUT2D eigenvalue weighted by atomic mass is 10.1. The van der Waals surface area contributed by atoms with E-state index < -0.39 is 0 Å². The minimum Gasteiger partial charge on any atom is -0.340 e. The van der Waals surface area contributed by atoms with Gasteiger partial charge in [0, 0.05) is 34.3 Å². The van der Waals surface area contributed by atoms with E-state index in [2.05, 4.69) is 21.2 Å². The fourth-order valence-electron chi connectivity index (χ4n) is 3.64. The highest BCUT2D eigenvalue weighted by molar-refractivity contribution is 6.02. The van der Waals surface area contributed by atoms with E-state index in [-0.39, 0.29) is 11.7 Å². The fourth-order valence-corrected chi connectivity index (χ4v) is 3.64. The lowest BCUT2D eigenvalue weighted by molar-refractivity contribution is 0.0954. The number of rotatable bonds is 5. The second-order valence-electron chi connectivity index (χ2n) is 7.24. The molecule has 3 aromatic carbocycles. The maximum atomic E-state index is 13.3. The number of hydrogen-bond donors (Lipinski definition) is 1. The van der Waals surface area contributed by atoms with Crippen LogP contribution in [0.5, 0.6) is 0 Å². The van der Waals surface area contributed by atoms with Gasteiger partial charge < -0.3 is 4.57 Å². The second kappa shape index (κ2) is 8.33. The number of carbonyl (C=O) groups is 1. The number of nitrogens with zero attached hydrogens (tertiary/aromatic N) is 2. The minimum atomic E-state index is -0.245. The van der Waals surface area contributed by atoms with Crippen LogP contribution in [0.1, 0.15) is 32.7 Å². The lowest BCUT2D eigenvalue weighted by Gasteiger charge is -2.09. The predicted octanol–water partition coefficient (Wildman–Crippen LogP) is 5.21. The Labute approximate surface area is 174 Å². The number of aryl methyl sites for hydroxylation is 1. The van der Waals surface area contributed by atoms with Crippen LogP contribution in [0.25, 0.3) is 10.9 Å². The summed E-state index contributed by atoms with van der Waals surface area (Å²) in [6.45, 7) is 4.54. The smallest absolute Gasteiger partial charge is 0.271 e. The van der Waals surface area contributed by atoms with Crippen molar-refractivity contribution in [3.05, 3.63) is 107 Å². The predicted molar refractivity (Wildman–Crippen MR) is 118 cm³/mol. The molecular formula is C25H22FN3O. The highest BCUT2D eigenvalue weighted by atomic mass is 19.1. The zero-order valence-corrected chi connectivity index (χ0v) is 16.9. The fraction of sp³-hybridized carbons (Fsp3) is 0.120. The van der Waals surface area contributed by atoms with Gasteiger partial charge in [0.1, 0.15) is 5.82 Å². The average molecular weight is 399 g/mol. The third-order valence-electron chi connectivity index (χ3n) is 5.28. The summed E-state index contributed by atoms with van der Waals surface area (Å²) in [6, 6.07) is 22.0. The van der Waals surface area contributed by atoms with Crippen LogP contribution in [0.15, 0.2) is 77.9 Å². The summed E-state index contributed by atoms with van der Waals surface area (Å²) in [7, 11) is 0. The van der Waals surface area contributed by atoms with Crippen molar-refractivity contribution < 1.29 is 9.18 Å². The first kappa shape index (κ1) is 19.6. The minimum absolute atomic E-state index is 0.239. The van der Waals surface area contributed by atoms with Gasteiger partial charge in [-0.2, -0.15) is 5.10 Å². The largest absolute Gasteiger partial charge is 0.340 e. The number of benzene rings is 3. The van der Waals surface area contributed by atoms with Gasteiger partial charge in [-0.15, -0.1) is 0 Å². The van der Waals surface area contributed by atoms with Crippen molar-refractivity contribution in [1.82, 2.24) is 9.99 Å². The number of hydrazone groups is 1. The number of para-hydroxylation sites is 1. The maximum Gasteiger partial charge on any atom is 0.271 e. The number of aromatic nitrogens is 1. The van der Waals surface area contributed by atoms with Crippen LogP contribution in [0.4, 0.5) is 4.39 Å². The highest BCUT2D eigenvalue weighted by Crippen LogP contribution is 2.25. The van der Waals surface area contributed by atoms with E-state index in [4.69, 9.17) is 0 Å². The Bertz CT molecular complexity index is 1240. The molecule has 4 rings (SSSR count). The van der Waals surface area contributed by atoms with Crippen LogP contribution in [0, 0.1) is 19.7 Å². The van der Waals surface area contributed by atoms with Gasteiger partial charge in [-0.05, 0) is 49.2 Å². The van der Waals surface area contributed by atoms with Crippen LogP contribution in [0.2, 0.25) is 0 Å². The van der Waals surface area contributed by atoms with E-state index in [0.29, 0.717) is 12.1 Å². The van der Waals surface area contributed by atoms with Crippen molar-refractivity contribution in [3.63, 3.8) is 0 Å². The molecular weight excluding hydrogens is 377 g/mol. The molecule has 0 saturated carbocycles. The summed E-state index contributed by atoms with van der Waals surface area (Å²) in [6.07, 6.45) is 1.69. The van der Waals surface area contributed by atoms with Gasteiger partial charge in [-0.3, -0.25) is 4.79 Å². The van der Waals surface area contributed by atoms with Crippen LogP contribution in [-0.4, -0.2) is 16.7 Å². The highest BCUT2D eigenvalue weighted by Gasteiger charge is 2.13. The number of amides is 1. The Morgan fingerprint density at radius 1 is 1.00 bits per heavy atom. The Morgan fingerprint density at radius 3 is 2.47 bits per heavy atom. The van der Waals surface area contributed by atoms with Crippen molar-refractivity contribution in [1.29, 1.82) is 0 Å². The SMILES string of the molecule is Cc1ccccc1C(=O)N/N=C\c1c(C)n(Cc2ccc(F)cc2)c2ccccc12. The van der Waals surface area contributed by atoms with E-state index in [9.17, 15) is 9.18 Å². The molecule has 30 heavy (non-hydrogen) atoms. The standard InChI is InChI=1S/C25H22FN3O/c1-17-7-3-4-8-21(17)25(30)28-27-15-23-18(2)29(24-10-6-5-9-22(23)24)16-19-11-13-20(26)14-12-19/h3-15H,16H2,1-2H3,(H,28,30)/b27-15-. The summed E-state index contributed by atoms with van der Waals surface area (Å²) >= 11 is 0. The number of halogens is 1. The molecule has 0 spiro atoms. The molecule has 150 valence electrons. The molecule has 0 saturated heterocycles. The van der Waals surface area contributed by atoms with Gasteiger partial charge in [0.2, 0.25) is 0 Å². The van der Waals surface area contributed by atoms with E-state index in [1.807, 2.05) is 50.2 Å². The van der Waals surface area contributed by atoms with Crippen molar-refractivity contribution in [3.8, 4) is 0 Å². The van der Waals surface area contributed by atoms with Crippen molar-refractivity contribution in [2.24, 2.45) is 5.10 Å². The first-order valence-electron chi connectivity index (χ1n) is 9.76. The third kappa shape index (κ3) is 3.87. The van der Waals surface area contributed by atoms with E-state index in [1.54, 1.807) is 24.4 Å². The quantitative estimate of drug-likeness (QED) is 0.363. The Hall–Kier alpha value is -3.73. The van der Waals surface area contributed by atoms with Gasteiger partial charge >= 0.3 is 0 Å². The van der Waals surface area contributed by atoms with E-state index in [1.165, 1.54) is 12.1 Å². The summed E-state index contributed by atoms with van der Waals surface area (Å²) < 4.78 is 15.4. The lowest BCUT2D eigenvalue weighted by Crippen LogP contribution is -2.18. The van der Waals surface area contributed by atoms with Crippen LogP contribution < -0.4 is 5.43 Å². The molecule has 0 atom stereocenters. The van der Waals surface area contributed by atoms with Crippen molar-refractivity contribution in [2.75, 3.05) is 0 Å². The molecule has 0 aliphatic carbocycles. The first-order chi connectivity index (χ1) is 14.5. The zero-order chi connectivity index (χ0) is 21.1. The maximum absolute atomic E-state index is 13.3. The number of fused-ring (bicyclic) bond motifs is 1. The van der Waals surface area contributed by atoms with Gasteiger partial charge in [0.15, 0.2) is 0 Å². The molecule has 1 aromatic heterocycles. The van der Waals surface area contributed by atoms with Crippen LogP contribution in [0.3, 0.4) is 0 Å². The zero-order valence-electron chi connectivity index (χ0n) is 16.9. The molecule has 5 heteroatoms. The van der Waals surface area contributed by atoms with Gasteiger partial charge in [-0.1, -0.05) is 48.5 Å². The van der Waals surface area contributed by atoms with E-state index >= 15 is 0 Å². The normalized spacial score (nSPS) is 11.3. The second-order valence-corrected chi connectivity index (χ2v) is 7.24. The Kier molecular flexibility index (Phi) is 5.44. The summed E-state index contributed by atoms with van der Waals surface area (Å²) in [5.41, 5.74) is 8.16. The molecule has 0 bridgehead atoms. The summed E-state index contributed by atoms with van der Waals surface area (Å²) in [5, 5.41) is 5.26. The molecule has 0 aliphatic heterocycles.